The van der Waals surface area contributed by atoms with E-state index in [0.717, 1.165) is 31.6 Å². The Morgan fingerprint density at radius 3 is 2.33 bits per heavy atom. The third kappa shape index (κ3) is 5.88. The minimum atomic E-state index is -0.786. The molecule has 0 atom stereocenters. The van der Waals surface area contributed by atoms with Crippen molar-refractivity contribution in [3.8, 4) is 0 Å². The van der Waals surface area contributed by atoms with Gasteiger partial charge in [-0.15, -0.1) is 24.8 Å². The molecule has 6 nitrogen and oxygen atoms in total. The van der Waals surface area contributed by atoms with Crippen molar-refractivity contribution in [2.24, 2.45) is 5.73 Å². The van der Waals surface area contributed by atoms with Crippen LogP contribution in [0.15, 0.2) is 24.3 Å². The smallest absolute Gasteiger partial charge is 0.242 e. The Bertz CT molecular complexity index is 645. The molecule has 1 saturated heterocycles. The first kappa shape index (κ1) is 23.8. The average Bonchev–Trinajstić information content (AvgIpc) is 3.07. The van der Waals surface area contributed by atoms with Crippen LogP contribution in [0.2, 0.25) is 5.02 Å². The highest BCUT2D eigenvalue weighted by atomic mass is 35.5. The molecule has 1 aliphatic heterocycles. The maximum Gasteiger partial charge on any atom is 0.242 e. The molecule has 0 spiro atoms. The number of carbonyl (C=O) groups is 2. The summed E-state index contributed by atoms with van der Waals surface area (Å²) < 4.78 is 0. The number of anilines is 1. The number of hydrogen-bond donors (Lipinski definition) is 2. The quantitative estimate of drug-likeness (QED) is 0.757. The normalized spacial score (nSPS) is 18.3. The van der Waals surface area contributed by atoms with Gasteiger partial charge in [-0.25, -0.2) is 0 Å². The average molecular weight is 438 g/mol. The van der Waals surface area contributed by atoms with Crippen molar-refractivity contribution in [2.75, 3.05) is 37.6 Å². The summed E-state index contributed by atoms with van der Waals surface area (Å²) in [6, 6.07) is 7.73. The summed E-state index contributed by atoms with van der Waals surface area (Å²) in [5, 5.41) is 3.44. The van der Waals surface area contributed by atoms with Gasteiger partial charge in [0.1, 0.15) is 0 Å². The Labute approximate surface area is 177 Å². The number of piperazine rings is 1. The van der Waals surface area contributed by atoms with E-state index >= 15 is 0 Å². The first-order valence-corrected chi connectivity index (χ1v) is 9.21. The molecule has 9 heteroatoms. The summed E-state index contributed by atoms with van der Waals surface area (Å²) in [4.78, 5) is 28.5. The maximum absolute atomic E-state index is 12.3. The zero-order valence-corrected chi connectivity index (χ0v) is 17.5. The lowest BCUT2D eigenvalue weighted by atomic mass is 9.98. The SMILES string of the molecule is Cl.Cl.NC1(C(=O)NCC(=O)N2CCN(c3cccc(Cl)c3)CC2)CCCC1. The standard InChI is InChI=1S/C18H25ClN4O2.2ClH/c19-14-4-3-5-15(12-14)22-8-10-23(11-9-22)16(24)13-21-17(25)18(20)6-1-2-7-18;;/h3-5,12H,1-2,6-11,13,20H2,(H,21,25);2*1H. The number of amides is 2. The molecule has 2 fully saturated rings. The Kier molecular flexibility index (Phi) is 9.15. The lowest BCUT2D eigenvalue weighted by Gasteiger charge is -2.36. The molecule has 1 saturated carbocycles. The maximum atomic E-state index is 12.3. The van der Waals surface area contributed by atoms with Crippen molar-refractivity contribution in [3.63, 3.8) is 0 Å². The second-order valence-corrected chi connectivity index (χ2v) is 7.33. The Hall–Kier alpha value is -1.21. The van der Waals surface area contributed by atoms with E-state index in [1.165, 1.54) is 0 Å². The van der Waals surface area contributed by atoms with Gasteiger partial charge >= 0.3 is 0 Å². The van der Waals surface area contributed by atoms with Crippen LogP contribution in [-0.4, -0.2) is 55.0 Å². The summed E-state index contributed by atoms with van der Waals surface area (Å²) in [6.07, 6.45) is 3.35. The summed E-state index contributed by atoms with van der Waals surface area (Å²) in [5.41, 5.74) is 6.39. The van der Waals surface area contributed by atoms with Crippen LogP contribution in [-0.2, 0) is 9.59 Å². The number of nitrogens with one attached hydrogen (secondary N) is 1. The Balaban J connectivity index is 0.00000182. The van der Waals surface area contributed by atoms with Gasteiger partial charge in [0.15, 0.2) is 0 Å². The molecule has 0 aromatic heterocycles. The first-order chi connectivity index (χ1) is 12.0. The summed E-state index contributed by atoms with van der Waals surface area (Å²) in [7, 11) is 0. The number of nitrogens with zero attached hydrogens (tertiary/aromatic N) is 2. The highest BCUT2D eigenvalue weighted by molar-refractivity contribution is 6.30. The Morgan fingerprint density at radius 1 is 1.11 bits per heavy atom. The van der Waals surface area contributed by atoms with Gasteiger partial charge in [-0.1, -0.05) is 30.5 Å². The molecule has 3 rings (SSSR count). The van der Waals surface area contributed by atoms with E-state index in [2.05, 4.69) is 10.2 Å². The van der Waals surface area contributed by atoms with Crippen LogP contribution in [0.3, 0.4) is 0 Å². The van der Waals surface area contributed by atoms with Gasteiger partial charge < -0.3 is 20.9 Å². The van der Waals surface area contributed by atoms with E-state index < -0.39 is 5.54 Å². The molecule has 0 radical (unpaired) electrons. The van der Waals surface area contributed by atoms with Gasteiger partial charge in [0.05, 0.1) is 12.1 Å². The molecule has 27 heavy (non-hydrogen) atoms. The van der Waals surface area contributed by atoms with E-state index in [1.807, 2.05) is 24.3 Å². The van der Waals surface area contributed by atoms with Crippen molar-refractivity contribution in [3.05, 3.63) is 29.3 Å². The summed E-state index contributed by atoms with van der Waals surface area (Å²) >= 11 is 6.04. The minimum absolute atomic E-state index is 0. The molecular weight excluding hydrogens is 411 g/mol. The second kappa shape index (κ2) is 10.4. The minimum Gasteiger partial charge on any atom is -0.368 e. The van der Waals surface area contributed by atoms with Crippen molar-refractivity contribution in [1.82, 2.24) is 10.2 Å². The number of nitrogens with two attached hydrogens (primary N) is 1. The number of hydrogen-bond acceptors (Lipinski definition) is 4. The van der Waals surface area contributed by atoms with E-state index in [0.29, 0.717) is 31.0 Å². The van der Waals surface area contributed by atoms with E-state index in [9.17, 15) is 9.59 Å². The van der Waals surface area contributed by atoms with Crippen LogP contribution in [0.4, 0.5) is 5.69 Å². The molecule has 1 aliphatic carbocycles. The van der Waals surface area contributed by atoms with Crippen LogP contribution in [0.1, 0.15) is 25.7 Å². The summed E-state index contributed by atoms with van der Waals surface area (Å²) in [5.74, 6) is -0.253. The summed E-state index contributed by atoms with van der Waals surface area (Å²) in [6.45, 7) is 2.79. The van der Waals surface area contributed by atoms with Crippen LogP contribution in [0, 0.1) is 0 Å². The molecule has 1 heterocycles. The van der Waals surface area contributed by atoms with E-state index in [1.54, 1.807) is 4.90 Å². The van der Waals surface area contributed by atoms with Crippen molar-refractivity contribution in [1.29, 1.82) is 0 Å². The monoisotopic (exact) mass is 436 g/mol. The van der Waals surface area contributed by atoms with Crippen LogP contribution >= 0.6 is 36.4 Å². The van der Waals surface area contributed by atoms with Gasteiger partial charge in [0.25, 0.3) is 0 Å². The molecule has 3 N–H and O–H groups in total. The van der Waals surface area contributed by atoms with Crippen LogP contribution < -0.4 is 16.0 Å². The van der Waals surface area contributed by atoms with Gasteiger partial charge in [-0.2, -0.15) is 0 Å². The van der Waals surface area contributed by atoms with E-state index in [4.69, 9.17) is 17.3 Å². The van der Waals surface area contributed by atoms with Gasteiger partial charge in [-0.05, 0) is 31.0 Å². The van der Waals surface area contributed by atoms with Crippen molar-refractivity contribution < 1.29 is 9.59 Å². The zero-order valence-electron chi connectivity index (χ0n) is 15.2. The largest absolute Gasteiger partial charge is 0.368 e. The molecular formula is C18H27Cl3N4O2. The fourth-order valence-corrected chi connectivity index (χ4v) is 3.75. The first-order valence-electron chi connectivity index (χ1n) is 8.83. The third-order valence-electron chi connectivity index (χ3n) is 5.15. The van der Waals surface area contributed by atoms with Gasteiger partial charge in [-0.3, -0.25) is 9.59 Å². The fourth-order valence-electron chi connectivity index (χ4n) is 3.56. The molecule has 2 amide bonds. The second-order valence-electron chi connectivity index (χ2n) is 6.89. The van der Waals surface area contributed by atoms with Crippen molar-refractivity contribution >= 4 is 53.9 Å². The predicted octanol–water partition coefficient (Wildman–Crippen LogP) is 2.22. The van der Waals surface area contributed by atoms with Gasteiger partial charge in [0.2, 0.25) is 11.8 Å². The molecule has 0 unspecified atom stereocenters. The Morgan fingerprint density at radius 2 is 1.74 bits per heavy atom. The molecule has 152 valence electrons. The van der Waals surface area contributed by atoms with Gasteiger partial charge in [0, 0.05) is 36.9 Å². The topological polar surface area (TPSA) is 78.7 Å². The predicted molar refractivity (Wildman–Crippen MR) is 113 cm³/mol. The number of halogens is 3. The molecule has 1 aromatic rings. The van der Waals surface area contributed by atoms with Crippen LogP contribution in [0.5, 0.6) is 0 Å². The molecule has 0 bridgehead atoms. The lowest BCUT2D eigenvalue weighted by Crippen LogP contribution is -2.55. The number of rotatable bonds is 4. The highest BCUT2D eigenvalue weighted by Crippen LogP contribution is 2.27. The van der Waals surface area contributed by atoms with E-state index in [-0.39, 0.29) is 43.2 Å². The zero-order chi connectivity index (χ0) is 17.9. The molecule has 1 aromatic carbocycles. The number of benzene rings is 1. The van der Waals surface area contributed by atoms with Crippen molar-refractivity contribution in [2.45, 2.75) is 31.2 Å². The highest BCUT2D eigenvalue weighted by Gasteiger charge is 2.37. The fraction of sp³-hybridized carbons (Fsp3) is 0.556. The third-order valence-corrected chi connectivity index (χ3v) is 5.39. The van der Waals surface area contributed by atoms with Crippen LogP contribution in [0.25, 0.3) is 0 Å². The molecule has 2 aliphatic rings. The number of carbonyl (C=O) groups excluding carboxylic acids is 2. The lowest BCUT2D eigenvalue weighted by molar-refractivity contribution is -0.134.